The topological polar surface area (TPSA) is 80.9 Å². The highest BCUT2D eigenvalue weighted by atomic mass is 31.0. The van der Waals surface area contributed by atoms with Gasteiger partial charge in [-0.2, -0.15) is 0 Å². The predicted molar refractivity (Wildman–Crippen MR) is 34.3 cm³/mol. The third-order valence-corrected chi connectivity index (χ3v) is 1.11. The zero-order chi connectivity index (χ0) is 7.49. The van der Waals surface area contributed by atoms with E-state index in [2.05, 4.69) is 9.24 Å². The van der Waals surface area contributed by atoms with Crippen LogP contribution in [0.1, 0.15) is 12.8 Å². The molecule has 0 spiro atoms. The summed E-state index contributed by atoms with van der Waals surface area (Å²) < 4.78 is 0. The first kappa shape index (κ1) is 9.27. The van der Waals surface area contributed by atoms with Crippen LogP contribution in [0, 0.1) is 0 Å². The van der Waals surface area contributed by atoms with Crippen LogP contribution in [0.4, 0.5) is 0 Å². The van der Waals surface area contributed by atoms with Gasteiger partial charge in [0.1, 0.15) is 0 Å². The van der Waals surface area contributed by atoms with Crippen molar-refractivity contribution in [2.45, 2.75) is 24.7 Å². The molecule has 0 rings (SSSR count). The molecule has 56 valence electrons. The molecular formula is C4H11O4P. The van der Waals surface area contributed by atoms with Gasteiger partial charge in [-0.05, 0) is 6.42 Å². The van der Waals surface area contributed by atoms with Crippen molar-refractivity contribution in [3.63, 3.8) is 0 Å². The van der Waals surface area contributed by atoms with Crippen molar-refractivity contribution < 1.29 is 20.4 Å². The summed E-state index contributed by atoms with van der Waals surface area (Å²) in [5, 5.41) is 33.3. The molecule has 0 aliphatic rings. The van der Waals surface area contributed by atoms with E-state index in [4.69, 9.17) is 20.4 Å². The quantitative estimate of drug-likeness (QED) is 0.297. The molecule has 0 bridgehead atoms. The summed E-state index contributed by atoms with van der Waals surface area (Å²) in [4.78, 5) is 0. The molecule has 0 saturated carbocycles. The zero-order valence-corrected chi connectivity index (χ0v) is 6.01. The smallest absolute Gasteiger partial charge is 0.275 e. The zero-order valence-electron chi connectivity index (χ0n) is 4.86. The fourth-order valence-electron chi connectivity index (χ4n) is 0.342. The van der Waals surface area contributed by atoms with Crippen molar-refractivity contribution in [2.75, 3.05) is 0 Å². The number of hydrogen-bond acceptors (Lipinski definition) is 4. The van der Waals surface area contributed by atoms with E-state index in [-0.39, 0.29) is 12.8 Å². The normalized spacial score (nSPS) is 15.7. The SMILES string of the molecule is OC(P)CCC(O)(O)O. The summed E-state index contributed by atoms with van der Waals surface area (Å²) in [6.45, 7) is 0. The van der Waals surface area contributed by atoms with Gasteiger partial charge in [0.2, 0.25) is 0 Å². The van der Waals surface area contributed by atoms with Crippen molar-refractivity contribution in [2.24, 2.45) is 0 Å². The summed E-state index contributed by atoms with van der Waals surface area (Å²) in [5.41, 5.74) is 0. The number of aliphatic hydroxyl groups is 4. The molecule has 2 unspecified atom stereocenters. The molecule has 0 saturated heterocycles. The third-order valence-electron chi connectivity index (χ3n) is 0.776. The monoisotopic (exact) mass is 154 g/mol. The number of aliphatic hydroxyl groups excluding tert-OH is 1. The van der Waals surface area contributed by atoms with Crippen molar-refractivity contribution in [1.29, 1.82) is 0 Å². The molecule has 2 atom stereocenters. The lowest BCUT2D eigenvalue weighted by Gasteiger charge is -2.13. The van der Waals surface area contributed by atoms with E-state index in [0.717, 1.165) is 0 Å². The second-order valence-electron chi connectivity index (χ2n) is 1.88. The van der Waals surface area contributed by atoms with Crippen LogP contribution in [-0.4, -0.2) is 32.2 Å². The van der Waals surface area contributed by atoms with Gasteiger partial charge < -0.3 is 20.4 Å². The second kappa shape index (κ2) is 3.44. The lowest BCUT2D eigenvalue weighted by atomic mass is 10.3. The van der Waals surface area contributed by atoms with Crippen LogP contribution in [-0.2, 0) is 0 Å². The molecule has 5 heteroatoms. The fourth-order valence-corrected chi connectivity index (χ4v) is 0.508. The summed E-state index contributed by atoms with van der Waals surface area (Å²) in [6, 6.07) is 0. The maximum Gasteiger partial charge on any atom is 0.275 e. The standard InChI is InChI=1S/C4H11O4P/c5-3(9)1-2-4(6,7)8/h3,5-8H,1-2,9H2. The average molecular weight is 154 g/mol. The molecular weight excluding hydrogens is 143 g/mol. The van der Waals surface area contributed by atoms with Gasteiger partial charge in [0.05, 0.1) is 5.85 Å². The molecule has 0 aliphatic heterocycles. The summed E-state index contributed by atoms with van der Waals surface area (Å²) >= 11 is 0. The van der Waals surface area contributed by atoms with Crippen LogP contribution in [0.15, 0.2) is 0 Å². The Morgan fingerprint density at radius 3 is 1.89 bits per heavy atom. The number of rotatable bonds is 3. The molecule has 0 radical (unpaired) electrons. The highest BCUT2D eigenvalue weighted by Crippen LogP contribution is 2.10. The van der Waals surface area contributed by atoms with Crippen molar-refractivity contribution in [3.05, 3.63) is 0 Å². The van der Waals surface area contributed by atoms with E-state index in [9.17, 15) is 0 Å². The fraction of sp³-hybridized carbons (Fsp3) is 1.00. The maximum absolute atomic E-state index is 8.55. The molecule has 0 heterocycles. The van der Waals surface area contributed by atoms with E-state index in [1.807, 2.05) is 0 Å². The molecule has 9 heavy (non-hydrogen) atoms. The lowest BCUT2D eigenvalue weighted by molar-refractivity contribution is -0.315. The Hall–Kier alpha value is 0.270. The van der Waals surface area contributed by atoms with Crippen LogP contribution in [0.5, 0.6) is 0 Å². The Bertz CT molecular complexity index is 77.1. The Balaban J connectivity index is 3.28. The van der Waals surface area contributed by atoms with Gasteiger partial charge in [-0.25, -0.2) is 0 Å². The first-order valence-corrected chi connectivity index (χ1v) is 3.19. The highest BCUT2D eigenvalue weighted by Gasteiger charge is 2.17. The molecule has 0 fully saturated rings. The third kappa shape index (κ3) is 8.27. The highest BCUT2D eigenvalue weighted by molar-refractivity contribution is 7.17. The Kier molecular flexibility index (Phi) is 3.54. The van der Waals surface area contributed by atoms with Gasteiger partial charge in [-0.1, -0.05) is 0 Å². The largest absolute Gasteiger partial charge is 0.389 e. The molecule has 0 aromatic rings. The lowest BCUT2D eigenvalue weighted by Crippen LogP contribution is -2.27. The summed E-state index contributed by atoms with van der Waals surface area (Å²) in [6.07, 6.45) is -0.119. The molecule has 0 aromatic carbocycles. The minimum Gasteiger partial charge on any atom is -0.389 e. The van der Waals surface area contributed by atoms with E-state index in [0.29, 0.717) is 0 Å². The van der Waals surface area contributed by atoms with E-state index in [1.54, 1.807) is 0 Å². The van der Waals surface area contributed by atoms with Crippen molar-refractivity contribution in [3.8, 4) is 0 Å². The van der Waals surface area contributed by atoms with Gasteiger partial charge in [0, 0.05) is 6.42 Å². The van der Waals surface area contributed by atoms with Crippen molar-refractivity contribution >= 4 is 9.24 Å². The van der Waals surface area contributed by atoms with E-state index < -0.39 is 11.8 Å². The van der Waals surface area contributed by atoms with Crippen molar-refractivity contribution in [1.82, 2.24) is 0 Å². The minimum atomic E-state index is -2.64. The Morgan fingerprint density at radius 1 is 1.33 bits per heavy atom. The van der Waals surface area contributed by atoms with Gasteiger partial charge in [-0.3, -0.25) is 0 Å². The van der Waals surface area contributed by atoms with Gasteiger partial charge in [0.15, 0.2) is 0 Å². The van der Waals surface area contributed by atoms with Gasteiger partial charge in [0.25, 0.3) is 5.97 Å². The number of hydrogen-bond donors (Lipinski definition) is 4. The van der Waals surface area contributed by atoms with Gasteiger partial charge in [-0.15, -0.1) is 9.24 Å². The van der Waals surface area contributed by atoms with Crippen LogP contribution in [0.25, 0.3) is 0 Å². The first-order valence-electron chi connectivity index (χ1n) is 2.52. The first-order chi connectivity index (χ1) is 3.92. The van der Waals surface area contributed by atoms with E-state index >= 15 is 0 Å². The predicted octanol–water partition coefficient (Wildman–Crippen LogP) is -1.41. The minimum absolute atomic E-state index is 0.133. The average Bonchev–Trinajstić information content (AvgIpc) is 1.59. The Morgan fingerprint density at radius 2 is 1.78 bits per heavy atom. The van der Waals surface area contributed by atoms with Crippen LogP contribution >= 0.6 is 9.24 Å². The van der Waals surface area contributed by atoms with E-state index in [1.165, 1.54) is 0 Å². The molecule has 4 nitrogen and oxygen atoms in total. The molecule has 0 aromatic heterocycles. The van der Waals surface area contributed by atoms with Crippen LogP contribution in [0.3, 0.4) is 0 Å². The summed E-state index contributed by atoms with van der Waals surface area (Å²) in [5.74, 6) is -3.34. The van der Waals surface area contributed by atoms with Crippen LogP contribution < -0.4 is 0 Å². The summed E-state index contributed by atoms with van der Waals surface area (Å²) in [7, 11) is 2.06. The second-order valence-corrected chi connectivity index (χ2v) is 2.65. The molecule has 0 amide bonds. The van der Waals surface area contributed by atoms with Crippen LogP contribution in [0.2, 0.25) is 0 Å². The maximum atomic E-state index is 8.55. The Labute approximate surface area is 55.3 Å². The molecule has 0 aliphatic carbocycles. The molecule has 4 N–H and O–H groups in total. The van der Waals surface area contributed by atoms with Gasteiger partial charge >= 0.3 is 0 Å².